The molecule has 0 amide bonds. The van der Waals surface area contributed by atoms with Crippen LogP contribution in [0.2, 0.25) is 4.34 Å². The Balaban J connectivity index is 2.51. The van der Waals surface area contributed by atoms with E-state index in [4.69, 9.17) is 17.3 Å². The van der Waals surface area contributed by atoms with Crippen LogP contribution in [-0.2, 0) is 0 Å². The summed E-state index contributed by atoms with van der Waals surface area (Å²) in [4.78, 5) is 9.35. The van der Waals surface area contributed by atoms with Gasteiger partial charge in [0.2, 0.25) is 0 Å². The van der Waals surface area contributed by atoms with Gasteiger partial charge in [0.05, 0.1) is 9.21 Å². The van der Waals surface area contributed by atoms with Crippen molar-refractivity contribution in [3.05, 3.63) is 28.2 Å². The zero-order chi connectivity index (χ0) is 10.1. The van der Waals surface area contributed by atoms with Gasteiger partial charge in [-0.3, -0.25) is 0 Å². The van der Waals surface area contributed by atoms with Crippen LogP contribution in [0.15, 0.2) is 18.2 Å². The highest BCUT2D eigenvalue weighted by Crippen LogP contribution is 2.29. The van der Waals surface area contributed by atoms with Crippen LogP contribution >= 0.6 is 22.9 Å². The topological polar surface area (TPSA) is 51.8 Å². The van der Waals surface area contributed by atoms with Gasteiger partial charge in [0.25, 0.3) is 0 Å². The second-order valence-electron chi connectivity index (χ2n) is 2.86. The molecule has 2 aromatic rings. The normalized spacial score (nSPS) is 10.4. The molecule has 2 N–H and O–H groups in total. The van der Waals surface area contributed by atoms with Gasteiger partial charge in [-0.25, -0.2) is 9.97 Å². The minimum absolute atomic E-state index is 0.483. The van der Waals surface area contributed by atoms with Crippen molar-refractivity contribution in [1.82, 2.24) is 9.97 Å². The monoisotopic (exact) mass is 225 g/mol. The lowest BCUT2D eigenvalue weighted by molar-refractivity contribution is 1.13. The van der Waals surface area contributed by atoms with Crippen LogP contribution in [-0.4, -0.2) is 9.97 Å². The third kappa shape index (κ3) is 1.86. The molecule has 0 aliphatic rings. The average molecular weight is 226 g/mol. The van der Waals surface area contributed by atoms with Crippen LogP contribution in [0.4, 0.5) is 5.82 Å². The molecule has 14 heavy (non-hydrogen) atoms. The van der Waals surface area contributed by atoms with Gasteiger partial charge in [-0.1, -0.05) is 11.6 Å². The number of nitrogen functional groups attached to an aromatic ring is 1. The maximum atomic E-state index is 5.82. The Kier molecular flexibility index (Phi) is 2.39. The number of aromatic nitrogens is 2. The molecular weight excluding hydrogens is 218 g/mol. The van der Waals surface area contributed by atoms with Crippen molar-refractivity contribution in [2.45, 2.75) is 6.92 Å². The quantitative estimate of drug-likeness (QED) is 0.812. The molecule has 0 atom stereocenters. The number of thiophene rings is 1. The number of halogens is 1. The summed E-state index contributed by atoms with van der Waals surface area (Å²) >= 11 is 7.26. The molecule has 0 unspecified atom stereocenters. The van der Waals surface area contributed by atoms with E-state index in [0.29, 0.717) is 11.6 Å². The minimum atomic E-state index is 0.483. The molecule has 0 aliphatic heterocycles. The SMILES string of the molecule is Cc1cc(N)nc(-c2ccc(Cl)s2)n1. The fourth-order valence-corrected chi connectivity index (χ4v) is 2.11. The Labute approximate surface area is 90.6 Å². The molecule has 0 saturated heterocycles. The van der Waals surface area contributed by atoms with Crippen LogP contribution in [0.3, 0.4) is 0 Å². The van der Waals surface area contributed by atoms with Crippen molar-refractivity contribution in [1.29, 1.82) is 0 Å². The lowest BCUT2D eigenvalue weighted by atomic mass is 10.4. The summed E-state index contributed by atoms with van der Waals surface area (Å²) in [5, 5.41) is 0. The predicted molar refractivity (Wildman–Crippen MR) is 59.5 cm³/mol. The number of rotatable bonds is 1. The third-order valence-electron chi connectivity index (χ3n) is 1.67. The van der Waals surface area contributed by atoms with Gasteiger partial charge >= 0.3 is 0 Å². The van der Waals surface area contributed by atoms with Gasteiger partial charge in [0, 0.05) is 11.8 Å². The third-order valence-corrected chi connectivity index (χ3v) is 2.89. The molecule has 0 bridgehead atoms. The van der Waals surface area contributed by atoms with Crippen LogP contribution in [0.25, 0.3) is 10.7 Å². The highest BCUT2D eigenvalue weighted by Gasteiger charge is 2.05. The molecule has 0 saturated carbocycles. The lowest BCUT2D eigenvalue weighted by Crippen LogP contribution is -1.96. The van der Waals surface area contributed by atoms with Gasteiger partial charge in [-0.2, -0.15) is 0 Å². The van der Waals surface area contributed by atoms with Crippen molar-refractivity contribution in [3.63, 3.8) is 0 Å². The number of hydrogen-bond donors (Lipinski definition) is 1. The lowest BCUT2D eigenvalue weighted by Gasteiger charge is -1.99. The summed E-state index contributed by atoms with van der Waals surface area (Å²) < 4.78 is 0.726. The summed E-state index contributed by atoms with van der Waals surface area (Å²) in [6, 6.07) is 5.45. The largest absolute Gasteiger partial charge is 0.384 e. The number of nitrogens with two attached hydrogens (primary N) is 1. The van der Waals surface area contributed by atoms with Gasteiger partial charge in [0.1, 0.15) is 5.82 Å². The molecule has 0 radical (unpaired) electrons. The van der Waals surface area contributed by atoms with Crippen molar-refractivity contribution in [2.75, 3.05) is 5.73 Å². The fraction of sp³-hybridized carbons (Fsp3) is 0.111. The number of nitrogens with zero attached hydrogens (tertiary/aromatic N) is 2. The van der Waals surface area contributed by atoms with E-state index in [1.54, 1.807) is 6.07 Å². The first-order valence-electron chi connectivity index (χ1n) is 4.02. The predicted octanol–water partition coefficient (Wildman–Crippen LogP) is 2.75. The molecule has 72 valence electrons. The molecule has 0 fully saturated rings. The molecule has 2 aromatic heterocycles. The minimum Gasteiger partial charge on any atom is -0.384 e. The fourth-order valence-electron chi connectivity index (χ4n) is 1.14. The summed E-state index contributed by atoms with van der Waals surface area (Å²) in [7, 11) is 0. The Morgan fingerprint density at radius 1 is 1.36 bits per heavy atom. The Bertz CT molecular complexity index is 447. The first-order valence-corrected chi connectivity index (χ1v) is 5.21. The second-order valence-corrected chi connectivity index (χ2v) is 4.58. The van der Waals surface area contributed by atoms with E-state index in [1.165, 1.54) is 11.3 Å². The van der Waals surface area contributed by atoms with Crippen molar-refractivity contribution in [2.24, 2.45) is 0 Å². The van der Waals surface area contributed by atoms with Gasteiger partial charge in [-0.05, 0) is 19.1 Å². The molecule has 0 aliphatic carbocycles. The molecule has 2 rings (SSSR count). The average Bonchev–Trinajstić information content (AvgIpc) is 2.50. The Morgan fingerprint density at radius 3 is 2.71 bits per heavy atom. The van der Waals surface area contributed by atoms with Crippen LogP contribution in [0, 0.1) is 6.92 Å². The Morgan fingerprint density at radius 2 is 2.14 bits per heavy atom. The summed E-state index contributed by atoms with van der Waals surface area (Å²) in [5.41, 5.74) is 6.48. The number of anilines is 1. The smallest absolute Gasteiger partial charge is 0.171 e. The zero-order valence-electron chi connectivity index (χ0n) is 7.49. The molecule has 5 heteroatoms. The van der Waals surface area contributed by atoms with Crippen molar-refractivity contribution in [3.8, 4) is 10.7 Å². The van der Waals surface area contributed by atoms with Gasteiger partial charge in [0.15, 0.2) is 5.82 Å². The van der Waals surface area contributed by atoms with Gasteiger partial charge < -0.3 is 5.73 Å². The van der Waals surface area contributed by atoms with E-state index < -0.39 is 0 Å². The maximum Gasteiger partial charge on any atom is 0.171 e. The highest BCUT2D eigenvalue weighted by atomic mass is 35.5. The van der Waals surface area contributed by atoms with E-state index >= 15 is 0 Å². The van der Waals surface area contributed by atoms with Crippen LogP contribution < -0.4 is 5.73 Å². The molecule has 0 aromatic carbocycles. The van der Waals surface area contributed by atoms with Crippen LogP contribution in [0.5, 0.6) is 0 Å². The van der Waals surface area contributed by atoms with Crippen molar-refractivity contribution < 1.29 is 0 Å². The molecule has 3 nitrogen and oxygen atoms in total. The van der Waals surface area contributed by atoms with Gasteiger partial charge in [-0.15, -0.1) is 11.3 Å². The highest BCUT2D eigenvalue weighted by molar-refractivity contribution is 7.19. The Hall–Kier alpha value is -1.13. The van der Waals surface area contributed by atoms with E-state index in [0.717, 1.165) is 14.9 Å². The van der Waals surface area contributed by atoms with E-state index in [-0.39, 0.29) is 0 Å². The summed E-state index contributed by atoms with van der Waals surface area (Å²) in [6.07, 6.45) is 0. The van der Waals surface area contributed by atoms with Crippen molar-refractivity contribution >= 4 is 28.8 Å². The van der Waals surface area contributed by atoms with E-state index in [1.807, 2.05) is 19.1 Å². The summed E-state index contributed by atoms with van der Waals surface area (Å²) in [5.74, 6) is 1.12. The number of hydrogen-bond acceptors (Lipinski definition) is 4. The second kappa shape index (κ2) is 3.55. The zero-order valence-corrected chi connectivity index (χ0v) is 9.06. The van der Waals surface area contributed by atoms with Crippen LogP contribution in [0.1, 0.15) is 5.69 Å². The van der Waals surface area contributed by atoms with E-state index in [9.17, 15) is 0 Å². The number of aryl methyl sites for hydroxylation is 1. The molecule has 0 spiro atoms. The maximum absolute atomic E-state index is 5.82. The summed E-state index contributed by atoms with van der Waals surface area (Å²) in [6.45, 7) is 1.89. The molecular formula is C9H8ClN3S. The van der Waals surface area contributed by atoms with E-state index in [2.05, 4.69) is 9.97 Å². The first-order chi connectivity index (χ1) is 6.65. The first kappa shape index (κ1) is 9.43. The molecule has 2 heterocycles. The standard InChI is InChI=1S/C9H8ClN3S/c1-5-4-8(11)13-9(12-5)6-2-3-7(10)14-6/h2-4H,1H3,(H2,11,12,13).